The van der Waals surface area contributed by atoms with Crippen LogP contribution in [0.1, 0.15) is 134 Å². The van der Waals surface area contributed by atoms with Gasteiger partial charge < -0.3 is 53.1 Å². The number of hydrogen-bond donors (Lipinski definition) is 1. The second kappa shape index (κ2) is 27.1. The maximum atomic E-state index is 17.9. The smallest absolute Gasteiger partial charge is 0.410 e. The van der Waals surface area contributed by atoms with Crippen LogP contribution in [-0.2, 0) is 30.2 Å². The van der Waals surface area contributed by atoms with Crippen LogP contribution in [0.25, 0.3) is 43.4 Å². The molecule has 6 saturated heterocycles. The number of thiazole rings is 1. The number of ether oxygens (including phenoxy) is 5. The Hall–Kier alpha value is -8.22. The van der Waals surface area contributed by atoms with E-state index in [9.17, 15) is 19.2 Å². The van der Waals surface area contributed by atoms with Gasteiger partial charge in [0.05, 0.1) is 45.1 Å². The molecule has 3 aromatic carbocycles. The van der Waals surface area contributed by atoms with Crippen molar-refractivity contribution in [3.05, 3.63) is 101 Å². The molecule has 6 unspecified atom stereocenters. The molecule has 0 spiro atoms. The molecule has 0 radical (unpaired) electrons. The summed E-state index contributed by atoms with van der Waals surface area (Å²) in [6.45, 7) is 20.0. The molecule has 2 bridgehead atoms. The molecule has 4 amide bonds. The Kier molecular flexibility index (Phi) is 18.7. The number of carbonyl (C=O) groups is 4. The number of nitrogens with zero attached hydrogens (tertiary/aromatic N) is 11. The molecular weight excluding hydrogens is 1230 g/mol. The van der Waals surface area contributed by atoms with E-state index in [1.807, 2.05) is 101 Å². The Morgan fingerprint density at radius 1 is 0.863 bits per heavy atom. The molecule has 22 nitrogen and oxygen atoms in total. The van der Waals surface area contributed by atoms with Gasteiger partial charge in [0.25, 0.3) is 0 Å². The predicted molar refractivity (Wildman–Crippen MR) is 359 cm³/mol. The Balaban J connectivity index is 0.655. The molecule has 95 heavy (non-hydrogen) atoms. The van der Waals surface area contributed by atoms with Crippen molar-refractivity contribution in [1.82, 2.24) is 50.0 Å². The summed E-state index contributed by atoms with van der Waals surface area (Å²) in [6.07, 6.45) is 7.85. The first kappa shape index (κ1) is 65.4. The zero-order valence-corrected chi connectivity index (χ0v) is 56.7. The molecule has 7 atom stereocenters. The minimum atomic E-state index is -0.655. The highest BCUT2D eigenvalue weighted by atomic mass is 32.1. The molecule has 7 aromatic rings. The van der Waals surface area contributed by atoms with Crippen molar-refractivity contribution in [3.8, 4) is 33.5 Å². The van der Waals surface area contributed by atoms with Crippen LogP contribution in [0.15, 0.2) is 76.9 Å². The number of rotatable bonds is 19. The lowest BCUT2D eigenvalue weighted by Gasteiger charge is -2.42. The van der Waals surface area contributed by atoms with Crippen LogP contribution in [-0.4, -0.2) is 183 Å². The molecule has 6 aliphatic heterocycles. The maximum absolute atomic E-state index is 17.9. The number of halogens is 1. The lowest BCUT2D eigenvalue weighted by Crippen LogP contribution is -2.57. The largest absolute Gasteiger partial charge is 0.468 e. The van der Waals surface area contributed by atoms with Crippen LogP contribution in [0.5, 0.6) is 11.8 Å². The SMILES string of the molecule is CCc1cccc2cc(OCOC)cc(-c3ncc4c(N5CC6CCC(C5)N6C(=O)OC(C)(C)C)nc(OCC56CCCN5[C@@H](COC(=O)N5CCN(c7cc(C(C(=O)N8CCCC8C(=O)NC(C)c8ccc(-c9scnc9C)cc8)C(C)C)on7)CC5)CC6)nc4c3F)c12. The van der Waals surface area contributed by atoms with Crippen molar-refractivity contribution in [1.29, 1.82) is 0 Å². The van der Waals surface area contributed by atoms with Crippen molar-refractivity contribution < 1.29 is 51.8 Å². The Labute approximate surface area is 557 Å². The van der Waals surface area contributed by atoms with E-state index in [1.54, 1.807) is 40.5 Å². The number of amides is 4. The average Bonchev–Trinajstić information content (AvgIpc) is 1.46. The van der Waals surface area contributed by atoms with Crippen molar-refractivity contribution >= 4 is 68.6 Å². The number of anilines is 2. The fraction of sp³-hybridized carbons (Fsp3) is 0.535. The van der Waals surface area contributed by atoms with E-state index < -0.39 is 28.9 Å². The van der Waals surface area contributed by atoms with E-state index in [4.69, 9.17) is 43.2 Å². The first-order chi connectivity index (χ1) is 45.8. The summed E-state index contributed by atoms with van der Waals surface area (Å²) in [5, 5.41) is 9.78. The summed E-state index contributed by atoms with van der Waals surface area (Å²) in [4.78, 5) is 88.1. The molecule has 0 aliphatic carbocycles. The fourth-order valence-electron chi connectivity index (χ4n) is 15.4. The van der Waals surface area contributed by atoms with Crippen molar-refractivity contribution in [2.45, 2.75) is 160 Å². The van der Waals surface area contributed by atoms with Gasteiger partial charge in [-0.1, -0.05) is 68.4 Å². The number of carbonyl (C=O) groups excluding carboxylic acids is 4. The second-order valence-corrected chi connectivity index (χ2v) is 28.6. The third-order valence-corrected chi connectivity index (χ3v) is 21.2. The van der Waals surface area contributed by atoms with Gasteiger partial charge in [-0.25, -0.2) is 19.0 Å². The number of fused-ring (bicyclic) bond motifs is 5. The van der Waals surface area contributed by atoms with Gasteiger partial charge in [0.2, 0.25) is 11.8 Å². The first-order valence-corrected chi connectivity index (χ1v) is 34.6. The zero-order valence-electron chi connectivity index (χ0n) is 55.9. The summed E-state index contributed by atoms with van der Waals surface area (Å²) < 4.78 is 53.8. The topological polar surface area (TPSA) is 223 Å². The number of methoxy groups -OCH3 is 1. The zero-order chi connectivity index (χ0) is 66.4. The van der Waals surface area contributed by atoms with Crippen molar-refractivity contribution in [2.24, 2.45) is 5.92 Å². The number of nitrogens with one attached hydrogen (secondary N) is 1. The summed E-state index contributed by atoms with van der Waals surface area (Å²) >= 11 is 1.60. The maximum Gasteiger partial charge on any atom is 0.410 e. The molecule has 13 rings (SSSR count). The first-order valence-electron chi connectivity index (χ1n) is 33.7. The normalized spacial score (nSPS) is 22.0. The highest BCUT2D eigenvalue weighted by Gasteiger charge is 2.51. The van der Waals surface area contributed by atoms with Gasteiger partial charge in [-0.05, 0) is 144 Å². The second-order valence-electron chi connectivity index (χ2n) is 27.8. The average molecular weight is 1320 g/mol. The molecule has 6 fully saturated rings. The Bertz CT molecular complexity index is 3970. The summed E-state index contributed by atoms with van der Waals surface area (Å²) in [7, 11) is 1.55. The molecule has 0 saturated carbocycles. The number of piperazine rings is 2. The number of hydrogen-bond acceptors (Lipinski definition) is 19. The lowest BCUT2D eigenvalue weighted by molar-refractivity contribution is -0.141. The summed E-state index contributed by atoms with van der Waals surface area (Å²) in [6, 6.07) is 18.6. The predicted octanol–water partition coefficient (Wildman–Crippen LogP) is 11.5. The van der Waals surface area contributed by atoms with E-state index in [0.717, 1.165) is 83.1 Å². The minimum Gasteiger partial charge on any atom is -0.468 e. The summed E-state index contributed by atoms with van der Waals surface area (Å²) in [5.74, 6) is 0.272. The third-order valence-electron chi connectivity index (χ3n) is 20.2. The van der Waals surface area contributed by atoms with E-state index in [2.05, 4.69) is 49.2 Å². The molecule has 10 heterocycles. The number of aryl methyl sites for hydroxylation is 2. The van der Waals surface area contributed by atoms with E-state index in [1.165, 1.54) is 0 Å². The molecule has 504 valence electrons. The van der Waals surface area contributed by atoms with Gasteiger partial charge in [-0.3, -0.25) is 24.4 Å². The Morgan fingerprint density at radius 3 is 2.36 bits per heavy atom. The quantitative estimate of drug-likeness (QED) is 0.0743. The van der Waals surface area contributed by atoms with Gasteiger partial charge >= 0.3 is 18.2 Å². The number of aromatic nitrogens is 5. The van der Waals surface area contributed by atoms with Gasteiger partial charge in [0, 0.05) is 76.8 Å². The highest BCUT2D eigenvalue weighted by molar-refractivity contribution is 7.13. The minimum absolute atomic E-state index is 0.00954. The van der Waals surface area contributed by atoms with Crippen LogP contribution < -0.4 is 24.6 Å². The fourth-order valence-corrected chi connectivity index (χ4v) is 16.2. The van der Waals surface area contributed by atoms with Crippen LogP contribution in [0, 0.1) is 18.7 Å². The molecule has 1 N–H and O–H groups in total. The molecule has 4 aromatic heterocycles. The van der Waals surface area contributed by atoms with Crippen LogP contribution in [0.3, 0.4) is 0 Å². The van der Waals surface area contributed by atoms with Crippen LogP contribution in [0.2, 0.25) is 0 Å². The van der Waals surface area contributed by atoms with Gasteiger partial charge in [0.15, 0.2) is 24.2 Å². The van der Waals surface area contributed by atoms with Crippen molar-refractivity contribution in [3.63, 3.8) is 0 Å². The highest BCUT2D eigenvalue weighted by Crippen LogP contribution is 2.45. The number of pyridine rings is 1. The summed E-state index contributed by atoms with van der Waals surface area (Å²) in [5.41, 5.74) is 5.61. The Morgan fingerprint density at radius 2 is 1.64 bits per heavy atom. The molecule has 6 aliphatic rings. The molecule has 24 heteroatoms. The monoisotopic (exact) mass is 1320 g/mol. The lowest BCUT2D eigenvalue weighted by atomic mass is 9.91. The number of likely N-dealkylation sites (tertiary alicyclic amines) is 1. The van der Waals surface area contributed by atoms with Gasteiger partial charge in [-0.2, -0.15) is 9.97 Å². The van der Waals surface area contributed by atoms with Gasteiger partial charge in [-0.15, -0.1) is 11.3 Å². The third kappa shape index (κ3) is 13.2. The van der Waals surface area contributed by atoms with E-state index in [-0.39, 0.29) is 91.3 Å². The van der Waals surface area contributed by atoms with Crippen LogP contribution in [0.4, 0.5) is 25.6 Å². The van der Waals surface area contributed by atoms with Crippen LogP contribution >= 0.6 is 11.3 Å². The number of benzene rings is 3. The standard InChI is InChI=1S/C71H87FN12O10S/c1-10-45-14-11-15-48-32-52(92-41-89-9)33-53(59(45)48)61-60(72)62-54(35-73-61)64(81-36-49-21-22-50(37-81)84(49)69(88)93-70(6,7)8)77-67(76-62)91-39-71-24-13-27-83(71)51(23-25-71)38-90-68(87)80-30-28-79(29-31-80)57-34-56(94-78-57)58(42(2)3)66(86)82-26-12-16-55(82)65(85)75-43(4)46-17-19-47(20-18-46)63-44(5)74-40-95-63/h11,14-15,17-20,32-35,40,42-43,49-51,55,58H,10,12-13,16,21-31,36-39,41H2,1-9H3,(H,75,85)/t43?,49?,50?,51-,55?,58?,71?/m1/s1. The molecular formula is C71H87FN12O10S. The van der Waals surface area contributed by atoms with Crippen molar-refractivity contribution in [2.75, 3.05) is 89.3 Å². The van der Waals surface area contributed by atoms with E-state index >= 15 is 4.39 Å². The van der Waals surface area contributed by atoms with E-state index in [0.29, 0.717) is 99.2 Å². The van der Waals surface area contributed by atoms with Gasteiger partial charge in [0.1, 0.15) is 53.6 Å².